The van der Waals surface area contributed by atoms with Gasteiger partial charge in [0.1, 0.15) is 11.7 Å². The molecule has 0 spiro atoms. The monoisotopic (exact) mass is 223 g/mol. The van der Waals surface area contributed by atoms with Gasteiger partial charge >= 0.3 is 5.97 Å². The van der Waals surface area contributed by atoms with Crippen LogP contribution in [0.2, 0.25) is 0 Å². The number of aromatic amines is 1. The van der Waals surface area contributed by atoms with Gasteiger partial charge in [-0.05, 0) is 12.1 Å². The van der Waals surface area contributed by atoms with Crippen molar-refractivity contribution in [3.63, 3.8) is 0 Å². The molecule has 16 heavy (non-hydrogen) atoms. The van der Waals surface area contributed by atoms with Crippen LogP contribution < -0.4 is 5.32 Å². The summed E-state index contributed by atoms with van der Waals surface area (Å²) in [6, 6.07) is 2.57. The van der Waals surface area contributed by atoms with Gasteiger partial charge in [-0.15, -0.1) is 0 Å². The van der Waals surface area contributed by atoms with E-state index in [1.165, 1.54) is 4.90 Å². The summed E-state index contributed by atoms with van der Waals surface area (Å²) >= 11 is 0. The summed E-state index contributed by atoms with van der Waals surface area (Å²) in [4.78, 5) is 27.1. The first kappa shape index (κ1) is 10.7. The highest BCUT2D eigenvalue weighted by molar-refractivity contribution is 5.95. The van der Waals surface area contributed by atoms with Gasteiger partial charge < -0.3 is 20.3 Å². The largest absolute Gasteiger partial charge is 0.480 e. The number of piperazine rings is 1. The first-order valence-electron chi connectivity index (χ1n) is 5.08. The number of nitrogens with one attached hydrogen (secondary N) is 2. The van der Waals surface area contributed by atoms with Crippen molar-refractivity contribution in [2.45, 2.75) is 6.04 Å². The Balaban J connectivity index is 2.17. The normalized spacial score (nSPS) is 20.8. The van der Waals surface area contributed by atoms with Crippen LogP contribution in [-0.4, -0.2) is 52.5 Å². The minimum atomic E-state index is -0.980. The van der Waals surface area contributed by atoms with E-state index in [1.54, 1.807) is 18.3 Å². The average Bonchev–Trinajstić information content (AvgIpc) is 2.81. The molecular formula is C10H13N3O3. The summed E-state index contributed by atoms with van der Waals surface area (Å²) in [5, 5.41) is 12.0. The molecule has 2 rings (SSSR count). The number of hydrogen-bond donors (Lipinski definition) is 3. The number of hydrogen-bond acceptors (Lipinski definition) is 3. The fourth-order valence-corrected chi connectivity index (χ4v) is 1.79. The van der Waals surface area contributed by atoms with Crippen molar-refractivity contribution >= 4 is 11.9 Å². The maximum atomic E-state index is 12.0. The lowest BCUT2D eigenvalue weighted by Crippen LogP contribution is -2.57. The summed E-state index contributed by atoms with van der Waals surface area (Å²) in [7, 11) is 0. The van der Waals surface area contributed by atoms with E-state index in [-0.39, 0.29) is 5.91 Å². The molecular weight excluding hydrogens is 210 g/mol. The second kappa shape index (κ2) is 4.36. The number of carboxylic acids is 1. The zero-order valence-electron chi connectivity index (χ0n) is 8.64. The van der Waals surface area contributed by atoms with Gasteiger partial charge in [-0.3, -0.25) is 4.79 Å². The van der Waals surface area contributed by atoms with Gasteiger partial charge in [0.05, 0.1) is 0 Å². The number of aromatic nitrogens is 1. The number of carboxylic acid groups (broad SMARTS) is 1. The Morgan fingerprint density at radius 3 is 2.94 bits per heavy atom. The lowest BCUT2D eigenvalue weighted by atomic mass is 10.2. The fourth-order valence-electron chi connectivity index (χ4n) is 1.79. The molecule has 0 bridgehead atoms. The summed E-state index contributed by atoms with van der Waals surface area (Å²) in [5.41, 5.74) is 0.424. The number of aliphatic carboxylic acids is 1. The maximum absolute atomic E-state index is 12.0. The minimum absolute atomic E-state index is 0.265. The van der Waals surface area contributed by atoms with Crippen LogP contribution in [0, 0.1) is 0 Å². The van der Waals surface area contributed by atoms with Crippen molar-refractivity contribution in [1.29, 1.82) is 0 Å². The number of H-pyrrole nitrogens is 1. The first-order chi connectivity index (χ1) is 7.70. The SMILES string of the molecule is O=C(O)C1CNCCN1C(=O)c1ccc[nH]1. The Kier molecular flexibility index (Phi) is 2.91. The molecule has 6 heteroatoms. The molecule has 1 aromatic rings. The van der Waals surface area contributed by atoms with E-state index in [1.807, 2.05) is 0 Å². The highest BCUT2D eigenvalue weighted by Crippen LogP contribution is 2.09. The van der Waals surface area contributed by atoms with Crippen molar-refractivity contribution in [3.8, 4) is 0 Å². The van der Waals surface area contributed by atoms with Crippen molar-refractivity contribution in [1.82, 2.24) is 15.2 Å². The van der Waals surface area contributed by atoms with Crippen molar-refractivity contribution in [3.05, 3.63) is 24.0 Å². The molecule has 1 aromatic heterocycles. The highest BCUT2D eigenvalue weighted by Gasteiger charge is 2.32. The molecule has 1 amide bonds. The highest BCUT2D eigenvalue weighted by atomic mass is 16.4. The van der Waals surface area contributed by atoms with Crippen LogP contribution >= 0.6 is 0 Å². The zero-order valence-corrected chi connectivity index (χ0v) is 8.64. The lowest BCUT2D eigenvalue weighted by molar-refractivity contribution is -0.142. The topological polar surface area (TPSA) is 85.4 Å². The number of rotatable bonds is 2. The third-order valence-electron chi connectivity index (χ3n) is 2.62. The number of carbonyl (C=O) groups excluding carboxylic acids is 1. The molecule has 1 unspecified atom stereocenters. The summed E-state index contributed by atoms with van der Waals surface area (Å²) in [6.07, 6.45) is 1.64. The molecule has 0 saturated carbocycles. The summed E-state index contributed by atoms with van der Waals surface area (Å²) < 4.78 is 0. The van der Waals surface area contributed by atoms with Crippen molar-refractivity contribution in [2.24, 2.45) is 0 Å². The molecule has 1 fully saturated rings. The molecule has 0 radical (unpaired) electrons. The van der Waals surface area contributed by atoms with Crippen LogP contribution in [0.5, 0.6) is 0 Å². The lowest BCUT2D eigenvalue weighted by Gasteiger charge is -2.33. The predicted octanol–water partition coefficient (Wildman–Crippen LogP) is -0.487. The van der Waals surface area contributed by atoms with Gasteiger partial charge in [0, 0.05) is 25.8 Å². The Morgan fingerprint density at radius 2 is 2.31 bits per heavy atom. The molecule has 1 aliphatic rings. The smallest absolute Gasteiger partial charge is 0.327 e. The molecule has 86 valence electrons. The molecule has 2 heterocycles. The van der Waals surface area contributed by atoms with Crippen LogP contribution in [0.15, 0.2) is 18.3 Å². The van der Waals surface area contributed by atoms with E-state index in [0.29, 0.717) is 25.3 Å². The van der Waals surface area contributed by atoms with Gasteiger partial charge in [0.15, 0.2) is 0 Å². The molecule has 1 saturated heterocycles. The average molecular weight is 223 g/mol. The zero-order chi connectivity index (χ0) is 11.5. The van der Waals surface area contributed by atoms with Gasteiger partial charge in [-0.1, -0.05) is 0 Å². The quantitative estimate of drug-likeness (QED) is 0.631. The molecule has 3 N–H and O–H groups in total. The van der Waals surface area contributed by atoms with Crippen LogP contribution in [0.1, 0.15) is 10.5 Å². The van der Waals surface area contributed by atoms with E-state index < -0.39 is 12.0 Å². The Bertz CT molecular complexity index is 388. The van der Waals surface area contributed by atoms with Gasteiger partial charge in [0.25, 0.3) is 5.91 Å². The molecule has 0 aliphatic carbocycles. The van der Waals surface area contributed by atoms with Crippen LogP contribution in [0.3, 0.4) is 0 Å². The second-order valence-electron chi connectivity index (χ2n) is 3.64. The molecule has 0 aromatic carbocycles. The van der Waals surface area contributed by atoms with Gasteiger partial charge in [-0.25, -0.2) is 4.79 Å². The van der Waals surface area contributed by atoms with Crippen LogP contribution in [0.4, 0.5) is 0 Å². The first-order valence-corrected chi connectivity index (χ1v) is 5.08. The Labute approximate surface area is 92.3 Å². The summed E-state index contributed by atoms with van der Waals surface area (Å²) in [6.45, 7) is 1.33. The van der Waals surface area contributed by atoms with E-state index >= 15 is 0 Å². The third-order valence-corrected chi connectivity index (χ3v) is 2.62. The molecule has 1 atom stereocenters. The second-order valence-corrected chi connectivity index (χ2v) is 3.64. The van der Waals surface area contributed by atoms with Gasteiger partial charge in [-0.2, -0.15) is 0 Å². The van der Waals surface area contributed by atoms with E-state index in [4.69, 9.17) is 5.11 Å². The van der Waals surface area contributed by atoms with Crippen LogP contribution in [0.25, 0.3) is 0 Å². The molecule has 1 aliphatic heterocycles. The third kappa shape index (κ3) is 1.92. The van der Waals surface area contributed by atoms with E-state index in [0.717, 1.165) is 0 Å². The fraction of sp³-hybridized carbons (Fsp3) is 0.400. The maximum Gasteiger partial charge on any atom is 0.327 e. The summed E-state index contributed by atoms with van der Waals surface area (Å²) in [5.74, 6) is -1.24. The minimum Gasteiger partial charge on any atom is -0.480 e. The number of carbonyl (C=O) groups is 2. The van der Waals surface area contributed by atoms with E-state index in [9.17, 15) is 9.59 Å². The van der Waals surface area contributed by atoms with Gasteiger partial charge in [0.2, 0.25) is 0 Å². The Hall–Kier alpha value is -1.82. The number of amides is 1. The van der Waals surface area contributed by atoms with Crippen molar-refractivity contribution < 1.29 is 14.7 Å². The standard InChI is InChI=1S/C10H13N3O3/c14-9(7-2-1-3-12-7)13-5-4-11-6-8(13)10(15)16/h1-3,8,11-12H,4-6H2,(H,15,16). The van der Waals surface area contributed by atoms with Crippen LogP contribution in [-0.2, 0) is 4.79 Å². The Morgan fingerprint density at radius 1 is 1.50 bits per heavy atom. The predicted molar refractivity (Wildman–Crippen MR) is 56.1 cm³/mol. The number of nitrogens with zero attached hydrogens (tertiary/aromatic N) is 1. The van der Waals surface area contributed by atoms with Crippen molar-refractivity contribution in [2.75, 3.05) is 19.6 Å². The molecule has 6 nitrogen and oxygen atoms in total. The van der Waals surface area contributed by atoms with E-state index in [2.05, 4.69) is 10.3 Å².